The van der Waals surface area contributed by atoms with Crippen molar-refractivity contribution in [2.24, 2.45) is 5.92 Å². The molecule has 1 unspecified atom stereocenters. The standard InChI is InChI=1S/C14H17N3OS/c1-8(9-3-2-4-9)17-14(18)13-12(15)10-5-6-16-7-11(10)19-13/h5-9H,2-4,15H2,1H3,(H,17,18). The van der Waals surface area contributed by atoms with Crippen LogP contribution in [0.5, 0.6) is 0 Å². The van der Waals surface area contributed by atoms with Gasteiger partial charge in [0.05, 0.1) is 10.4 Å². The summed E-state index contributed by atoms with van der Waals surface area (Å²) in [7, 11) is 0. The Labute approximate surface area is 116 Å². The van der Waals surface area contributed by atoms with Crippen molar-refractivity contribution in [3.8, 4) is 0 Å². The van der Waals surface area contributed by atoms with Crippen molar-refractivity contribution in [2.75, 3.05) is 5.73 Å². The van der Waals surface area contributed by atoms with Gasteiger partial charge >= 0.3 is 0 Å². The van der Waals surface area contributed by atoms with Crippen molar-refractivity contribution in [3.63, 3.8) is 0 Å². The Hall–Kier alpha value is -1.62. The van der Waals surface area contributed by atoms with E-state index in [1.807, 2.05) is 6.07 Å². The van der Waals surface area contributed by atoms with E-state index < -0.39 is 0 Å². The Morgan fingerprint density at radius 2 is 2.37 bits per heavy atom. The van der Waals surface area contributed by atoms with E-state index in [9.17, 15) is 4.79 Å². The molecule has 0 saturated heterocycles. The minimum absolute atomic E-state index is 0.0573. The zero-order valence-corrected chi connectivity index (χ0v) is 11.7. The fourth-order valence-electron chi connectivity index (χ4n) is 2.47. The first-order chi connectivity index (χ1) is 9.16. The first-order valence-corrected chi connectivity index (χ1v) is 7.41. The summed E-state index contributed by atoms with van der Waals surface area (Å²) in [6.07, 6.45) is 7.16. The highest BCUT2D eigenvalue weighted by atomic mass is 32.1. The molecule has 3 rings (SSSR count). The maximum atomic E-state index is 12.3. The lowest BCUT2D eigenvalue weighted by atomic mass is 9.80. The Morgan fingerprint density at radius 3 is 3.00 bits per heavy atom. The molecule has 2 aromatic rings. The summed E-state index contributed by atoms with van der Waals surface area (Å²) in [6, 6.07) is 2.08. The Bertz CT molecular complexity index is 618. The van der Waals surface area contributed by atoms with Crippen LogP contribution in [0.2, 0.25) is 0 Å². The third-order valence-electron chi connectivity index (χ3n) is 3.95. The predicted molar refractivity (Wildman–Crippen MR) is 78.3 cm³/mol. The Morgan fingerprint density at radius 1 is 1.58 bits per heavy atom. The number of anilines is 1. The van der Waals surface area contributed by atoms with E-state index in [0.29, 0.717) is 16.5 Å². The molecule has 1 aliphatic carbocycles. The van der Waals surface area contributed by atoms with E-state index >= 15 is 0 Å². The number of hydrogen-bond donors (Lipinski definition) is 2. The van der Waals surface area contributed by atoms with Crippen LogP contribution in [0.1, 0.15) is 35.9 Å². The summed E-state index contributed by atoms with van der Waals surface area (Å²) in [4.78, 5) is 17.0. The largest absolute Gasteiger partial charge is 0.397 e. The van der Waals surface area contributed by atoms with Crippen LogP contribution in [-0.4, -0.2) is 16.9 Å². The number of aromatic nitrogens is 1. The van der Waals surface area contributed by atoms with Crippen molar-refractivity contribution in [1.29, 1.82) is 0 Å². The molecule has 0 spiro atoms. The average molecular weight is 275 g/mol. The molecule has 1 atom stereocenters. The second-order valence-electron chi connectivity index (χ2n) is 5.17. The molecular formula is C14H17N3OS. The molecular weight excluding hydrogens is 258 g/mol. The quantitative estimate of drug-likeness (QED) is 0.905. The lowest BCUT2D eigenvalue weighted by Crippen LogP contribution is -2.40. The molecule has 2 aromatic heterocycles. The number of nitrogen functional groups attached to an aromatic ring is 1. The van der Waals surface area contributed by atoms with Crippen molar-refractivity contribution >= 4 is 33.0 Å². The monoisotopic (exact) mass is 275 g/mol. The minimum atomic E-state index is -0.0573. The van der Waals surface area contributed by atoms with E-state index in [4.69, 9.17) is 5.73 Å². The summed E-state index contributed by atoms with van der Waals surface area (Å²) in [5.41, 5.74) is 6.63. The Balaban J connectivity index is 1.82. The van der Waals surface area contributed by atoms with Crippen LogP contribution in [0.15, 0.2) is 18.5 Å². The molecule has 100 valence electrons. The van der Waals surface area contributed by atoms with Crippen LogP contribution in [0.4, 0.5) is 5.69 Å². The maximum Gasteiger partial charge on any atom is 0.263 e. The van der Waals surface area contributed by atoms with Crippen LogP contribution in [0.25, 0.3) is 10.1 Å². The van der Waals surface area contributed by atoms with Crippen LogP contribution >= 0.6 is 11.3 Å². The summed E-state index contributed by atoms with van der Waals surface area (Å²) in [5, 5.41) is 3.99. The highest BCUT2D eigenvalue weighted by Gasteiger charge is 2.26. The summed E-state index contributed by atoms with van der Waals surface area (Å²) >= 11 is 1.41. The number of nitrogens with one attached hydrogen (secondary N) is 1. The van der Waals surface area contributed by atoms with E-state index in [1.54, 1.807) is 12.4 Å². The predicted octanol–water partition coefficient (Wildman–Crippen LogP) is 2.80. The number of thiophene rings is 1. The van der Waals surface area contributed by atoms with Gasteiger partial charge in [-0.1, -0.05) is 6.42 Å². The molecule has 1 aliphatic rings. The van der Waals surface area contributed by atoms with Crippen molar-refractivity contribution in [2.45, 2.75) is 32.2 Å². The van der Waals surface area contributed by atoms with Gasteiger partial charge in [-0.3, -0.25) is 9.78 Å². The number of nitrogens with two attached hydrogens (primary N) is 1. The van der Waals surface area contributed by atoms with Gasteiger partial charge in [-0.15, -0.1) is 11.3 Å². The molecule has 0 aromatic carbocycles. The number of fused-ring (bicyclic) bond motifs is 1. The van der Waals surface area contributed by atoms with Gasteiger partial charge < -0.3 is 11.1 Å². The average Bonchev–Trinajstić information content (AvgIpc) is 2.65. The van der Waals surface area contributed by atoms with E-state index in [0.717, 1.165) is 10.1 Å². The molecule has 1 fully saturated rings. The van der Waals surface area contributed by atoms with Gasteiger partial charge in [-0.05, 0) is 31.7 Å². The van der Waals surface area contributed by atoms with E-state index in [2.05, 4.69) is 17.2 Å². The van der Waals surface area contributed by atoms with E-state index in [1.165, 1.54) is 30.6 Å². The fourth-order valence-corrected chi connectivity index (χ4v) is 3.46. The lowest BCUT2D eigenvalue weighted by molar-refractivity contribution is 0.0914. The van der Waals surface area contributed by atoms with Gasteiger partial charge in [0.25, 0.3) is 5.91 Å². The summed E-state index contributed by atoms with van der Waals surface area (Å²) in [6.45, 7) is 2.08. The van der Waals surface area contributed by atoms with Crippen molar-refractivity contribution < 1.29 is 4.79 Å². The third kappa shape index (κ3) is 2.18. The SMILES string of the molecule is CC(NC(=O)c1sc2cnccc2c1N)C1CCC1. The molecule has 2 heterocycles. The fraction of sp³-hybridized carbons (Fsp3) is 0.429. The van der Waals surface area contributed by atoms with Gasteiger partial charge in [0.15, 0.2) is 0 Å². The number of nitrogens with zero attached hydrogens (tertiary/aromatic N) is 1. The smallest absolute Gasteiger partial charge is 0.263 e. The number of hydrogen-bond acceptors (Lipinski definition) is 4. The molecule has 0 radical (unpaired) electrons. The molecule has 0 aliphatic heterocycles. The first kappa shape index (κ1) is 12.4. The zero-order valence-electron chi connectivity index (χ0n) is 10.8. The zero-order chi connectivity index (χ0) is 13.4. The number of rotatable bonds is 3. The van der Waals surface area contributed by atoms with Crippen LogP contribution in [0, 0.1) is 5.92 Å². The van der Waals surface area contributed by atoms with Gasteiger partial charge in [-0.25, -0.2) is 0 Å². The second kappa shape index (κ2) is 4.81. The lowest BCUT2D eigenvalue weighted by Gasteiger charge is -2.31. The highest BCUT2D eigenvalue weighted by Crippen LogP contribution is 2.34. The third-order valence-corrected chi connectivity index (χ3v) is 5.11. The number of carbonyl (C=O) groups is 1. The van der Waals surface area contributed by atoms with Gasteiger partial charge in [0.1, 0.15) is 4.88 Å². The first-order valence-electron chi connectivity index (χ1n) is 6.59. The molecule has 0 bridgehead atoms. The van der Waals surface area contributed by atoms with Crippen LogP contribution in [0.3, 0.4) is 0 Å². The molecule has 1 saturated carbocycles. The summed E-state index contributed by atoms with van der Waals surface area (Å²) < 4.78 is 0.960. The normalized spacial score (nSPS) is 17.1. The number of pyridine rings is 1. The number of carbonyl (C=O) groups excluding carboxylic acids is 1. The van der Waals surface area contributed by atoms with E-state index in [-0.39, 0.29) is 11.9 Å². The van der Waals surface area contributed by atoms with Crippen molar-refractivity contribution in [1.82, 2.24) is 10.3 Å². The van der Waals surface area contributed by atoms with Crippen LogP contribution in [-0.2, 0) is 0 Å². The molecule has 19 heavy (non-hydrogen) atoms. The topological polar surface area (TPSA) is 68.0 Å². The van der Waals surface area contributed by atoms with Gasteiger partial charge in [0, 0.05) is 23.8 Å². The van der Waals surface area contributed by atoms with Crippen LogP contribution < -0.4 is 11.1 Å². The Kier molecular flexibility index (Phi) is 3.14. The van der Waals surface area contributed by atoms with Gasteiger partial charge in [-0.2, -0.15) is 0 Å². The molecule has 1 amide bonds. The molecule has 4 nitrogen and oxygen atoms in total. The summed E-state index contributed by atoms with van der Waals surface area (Å²) in [5.74, 6) is 0.569. The molecule has 5 heteroatoms. The minimum Gasteiger partial charge on any atom is -0.397 e. The number of amides is 1. The molecule has 3 N–H and O–H groups in total. The highest BCUT2D eigenvalue weighted by molar-refractivity contribution is 7.21. The van der Waals surface area contributed by atoms with Crippen molar-refractivity contribution in [3.05, 3.63) is 23.3 Å². The second-order valence-corrected chi connectivity index (χ2v) is 6.22. The maximum absolute atomic E-state index is 12.3. The van der Waals surface area contributed by atoms with Gasteiger partial charge in [0.2, 0.25) is 0 Å².